The van der Waals surface area contributed by atoms with Gasteiger partial charge in [-0.15, -0.1) is 0 Å². The minimum absolute atomic E-state index is 0.180. The first-order chi connectivity index (χ1) is 18.4. The van der Waals surface area contributed by atoms with Gasteiger partial charge in [-0.3, -0.25) is 19.3 Å². The molecule has 194 valence electrons. The summed E-state index contributed by atoms with van der Waals surface area (Å²) >= 11 is 0. The first kappa shape index (κ1) is 25.4. The van der Waals surface area contributed by atoms with Crippen LogP contribution in [0.1, 0.15) is 58.4 Å². The van der Waals surface area contributed by atoms with Crippen molar-refractivity contribution in [2.45, 2.75) is 38.2 Å². The van der Waals surface area contributed by atoms with Gasteiger partial charge in [0, 0.05) is 5.56 Å². The van der Waals surface area contributed by atoms with Crippen LogP contribution in [-0.2, 0) is 14.3 Å². The van der Waals surface area contributed by atoms with E-state index in [1.807, 2.05) is 18.2 Å². The molecule has 1 saturated carbocycles. The van der Waals surface area contributed by atoms with Gasteiger partial charge in [0.15, 0.2) is 6.10 Å². The summed E-state index contributed by atoms with van der Waals surface area (Å²) in [5.74, 6) is -1.12. The topological polar surface area (TPSA) is 90.0 Å². The van der Waals surface area contributed by atoms with Gasteiger partial charge >= 0.3 is 5.97 Å². The molecular weight excluding hydrogens is 482 g/mol. The summed E-state index contributed by atoms with van der Waals surface area (Å²) in [7, 11) is 1.54. The van der Waals surface area contributed by atoms with Crippen LogP contribution in [0.15, 0.2) is 78.9 Å². The molecule has 2 amide bonds. The van der Waals surface area contributed by atoms with Crippen molar-refractivity contribution in [3.63, 3.8) is 0 Å². The largest absolute Gasteiger partial charge is 0.497 e. The SMILES string of the molecule is COc1ccc(C(=O)[C@H](C)OC(=O)c2ccc(N3C(=O)[C@@H]4CC[C@@H](c5ccccc5)C[C@H]4C3=O)cc2)cc1. The Morgan fingerprint density at radius 1 is 0.816 bits per heavy atom. The molecule has 0 bridgehead atoms. The van der Waals surface area contributed by atoms with Gasteiger partial charge in [0.2, 0.25) is 17.6 Å². The molecule has 2 fully saturated rings. The van der Waals surface area contributed by atoms with Crippen molar-refractivity contribution in [3.8, 4) is 5.75 Å². The van der Waals surface area contributed by atoms with Gasteiger partial charge in [0.25, 0.3) is 0 Å². The predicted molar refractivity (Wildman–Crippen MR) is 141 cm³/mol. The normalized spacial score (nSPS) is 21.5. The Labute approximate surface area is 221 Å². The maximum absolute atomic E-state index is 13.3. The number of fused-ring (bicyclic) bond motifs is 1. The lowest BCUT2D eigenvalue weighted by Crippen LogP contribution is -2.31. The first-order valence-electron chi connectivity index (χ1n) is 12.8. The Morgan fingerprint density at radius 3 is 2.11 bits per heavy atom. The number of methoxy groups -OCH3 is 1. The Bertz CT molecular complexity index is 1350. The molecule has 7 nitrogen and oxygen atoms in total. The van der Waals surface area contributed by atoms with E-state index in [1.165, 1.54) is 36.6 Å². The molecule has 2 aliphatic rings. The Morgan fingerprint density at radius 2 is 1.45 bits per heavy atom. The highest BCUT2D eigenvalue weighted by atomic mass is 16.5. The van der Waals surface area contributed by atoms with Crippen molar-refractivity contribution in [2.75, 3.05) is 12.0 Å². The molecule has 1 saturated heterocycles. The number of carbonyl (C=O) groups is 4. The fraction of sp³-hybridized carbons (Fsp3) is 0.290. The number of imide groups is 1. The molecule has 38 heavy (non-hydrogen) atoms. The zero-order valence-corrected chi connectivity index (χ0v) is 21.3. The Balaban J connectivity index is 1.24. The minimum Gasteiger partial charge on any atom is -0.497 e. The van der Waals surface area contributed by atoms with Crippen molar-refractivity contribution in [1.29, 1.82) is 0 Å². The van der Waals surface area contributed by atoms with Gasteiger partial charge in [0.1, 0.15) is 5.75 Å². The average Bonchev–Trinajstić information content (AvgIpc) is 3.21. The maximum atomic E-state index is 13.3. The predicted octanol–water partition coefficient (Wildman–Crippen LogP) is 5.20. The third-order valence-electron chi connectivity index (χ3n) is 7.59. The number of ether oxygens (including phenoxy) is 2. The Hall–Kier alpha value is -4.26. The summed E-state index contributed by atoms with van der Waals surface area (Å²) in [6.07, 6.45) is 1.21. The van der Waals surface area contributed by atoms with E-state index in [9.17, 15) is 19.2 Å². The second-order valence-corrected chi connectivity index (χ2v) is 9.83. The van der Waals surface area contributed by atoms with Crippen molar-refractivity contribution < 1.29 is 28.7 Å². The molecule has 7 heteroatoms. The minimum atomic E-state index is -0.988. The second-order valence-electron chi connectivity index (χ2n) is 9.83. The van der Waals surface area contributed by atoms with Gasteiger partial charge in [0.05, 0.1) is 30.2 Å². The van der Waals surface area contributed by atoms with Crippen LogP contribution in [0, 0.1) is 11.8 Å². The summed E-state index contributed by atoms with van der Waals surface area (Å²) < 4.78 is 10.5. The van der Waals surface area contributed by atoms with Crippen LogP contribution in [0.4, 0.5) is 5.69 Å². The number of ketones is 1. The van der Waals surface area contributed by atoms with Gasteiger partial charge < -0.3 is 9.47 Å². The van der Waals surface area contributed by atoms with E-state index in [4.69, 9.17) is 9.47 Å². The third kappa shape index (κ3) is 4.84. The van der Waals surface area contributed by atoms with Crippen molar-refractivity contribution >= 4 is 29.3 Å². The number of hydrogen-bond acceptors (Lipinski definition) is 6. The number of anilines is 1. The number of benzene rings is 3. The number of esters is 1. The zero-order valence-electron chi connectivity index (χ0n) is 21.3. The molecule has 0 radical (unpaired) electrons. The number of carbonyl (C=O) groups excluding carboxylic acids is 4. The van der Waals surface area contributed by atoms with Crippen LogP contribution in [0.2, 0.25) is 0 Å². The van der Waals surface area contributed by atoms with Gasteiger partial charge in [-0.2, -0.15) is 0 Å². The number of rotatable bonds is 7. The van der Waals surface area contributed by atoms with E-state index in [1.54, 1.807) is 36.4 Å². The highest BCUT2D eigenvalue weighted by molar-refractivity contribution is 6.22. The zero-order chi connectivity index (χ0) is 26.8. The summed E-state index contributed by atoms with van der Waals surface area (Å²) in [6.45, 7) is 1.52. The van der Waals surface area contributed by atoms with Crippen LogP contribution < -0.4 is 9.64 Å². The van der Waals surface area contributed by atoms with E-state index in [0.29, 0.717) is 29.8 Å². The molecule has 1 aliphatic carbocycles. The summed E-state index contributed by atoms with van der Waals surface area (Å²) in [6, 6.07) is 22.9. The average molecular weight is 512 g/mol. The van der Waals surface area contributed by atoms with E-state index >= 15 is 0 Å². The second kappa shape index (κ2) is 10.6. The van der Waals surface area contributed by atoms with Crippen molar-refractivity contribution in [2.24, 2.45) is 11.8 Å². The van der Waals surface area contributed by atoms with Crippen molar-refractivity contribution in [3.05, 3.63) is 95.6 Å². The highest BCUT2D eigenvalue weighted by Gasteiger charge is 2.50. The van der Waals surface area contributed by atoms with Crippen molar-refractivity contribution in [1.82, 2.24) is 0 Å². The molecule has 3 aromatic rings. The van der Waals surface area contributed by atoms with Gasteiger partial charge in [-0.1, -0.05) is 30.3 Å². The Kier molecular flexibility index (Phi) is 7.09. The molecule has 1 heterocycles. The molecule has 5 rings (SSSR count). The summed E-state index contributed by atoms with van der Waals surface area (Å²) in [4.78, 5) is 53.1. The van der Waals surface area contributed by atoms with E-state index in [-0.39, 0.29) is 40.9 Å². The van der Waals surface area contributed by atoms with Crippen LogP contribution >= 0.6 is 0 Å². The highest BCUT2D eigenvalue weighted by Crippen LogP contribution is 2.45. The molecule has 3 aromatic carbocycles. The number of nitrogens with zero attached hydrogens (tertiary/aromatic N) is 1. The summed E-state index contributed by atoms with van der Waals surface area (Å²) in [5.41, 5.74) is 2.27. The van der Waals surface area contributed by atoms with E-state index in [0.717, 1.165) is 6.42 Å². The van der Waals surface area contributed by atoms with Gasteiger partial charge in [-0.25, -0.2) is 4.79 Å². The number of amides is 2. The first-order valence-corrected chi connectivity index (χ1v) is 12.8. The van der Waals surface area contributed by atoms with Crippen LogP contribution in [0.25, 0.3) is 0 Å². The van der Waals surface area contributed by atoms with Crippen LogP contribution in [-0.4, -0.2) is 36.8 Å². The number of Topliss-reactive ketones (excluding diaryl/α,β-unsaturated/α-hetero) is 1. The van der Waals surface area contributed by atoms with E-state index < -0.39 is 12.1 Å². The monoisotopic (exact) mass is 511 g/mol. The fourth-order valence-corrected chi connectivity index (χ4v) is 5.48. The molecule has 0 spiro atoms. The molecule has 0 unspecified atom stereocenters. The molecule has 1 aliphatic heterocycles. The lowest BCUT2D eigenvalue weighted by Gasteiger charge is -2.28. The summed E-state index contributed by atoms with van der Waals surface area (Å²) in [5, 5.41) is 0. The van der Waals surface area contributed by atoms with E-state index in [2.05, 4.69) is 12.1 Å². The maximum Gasteiger partial charge on any atom is 0.338 e. The van der Waals surface area contributed by atoms with Crippen LogP contribution in [0.3, 0.4) is 0 Å². The quantitative estimate of drug-likeness (QED) is 0.246. The lowest BCUT2D eigenvalue weighted by molar-refractivity contribution is -0.122. The lowest BCUT2D eigenvalue weighted by atomic mass is 9.73. The smallest absolute Gasteiger partial charge is 0.338 e. The molecule has 0 aromatic heterocycles. The third-order valence-corrected chi connectivity index (χ3v) is 7.59. The molecule has 4 atom stereocenters. The number of hydrogen-bond donors (Lipinski definition) is 0. The fourth-order valence-electron chi connectivity index (χ4n) is 5.48. The molecular formula is C31H29NO6. The van der Waals surface area contributed by atoms with Crippen LogP contribution in [0.5, 0.6) is 5.75 Å². The van der Waals surface area contributed by atoms with Gasteiger partial charge in [-0.05, 0) is 86.2 Å². The molecule has 0 N–H and O–H groups in total. The standard InChI is InChI=1S/C31H29NO6/c1-19(28(33)21-10-15-25(37-2)16-11-21)38-31(36)22-8-13-24(14-9-22)32-29(34)26-17-12-23(18-27(26)30(32)35)20-6-4-3-5-7-20/h3-11,13-16,19,23,26-27H,12,17-18H2,1-2H3/t19-,23+,26+,27+/m0/s1.